The van der Waals surface area contributed by atoms with Crippen LogP contribution >= 0.6 is 0 Å². The van der Waals surface area contributed by atoms with Gasteiger partial charge in [0, 0.05) is 26.9 Å². The molecular formula is C6H13N3O2. The molecule has 0 aromatic heterocycles. The molecule has 5 heteroatoms. The Bertz CT molecular complexity index is 158. The van der Waals surface area contributed by atoms with E-state index in [-0.39, 0.29) is 18.2 Å². The minimum absolute atomic E-state index is 0.0604. The fourth-order valence-corrected chi connectivity index (χ4v) is 0.499. The van der Waals surface area contributed by atoms with Crippen LogP contribution in [0.2, 0.25) is 0 Å². The molecule has 64 valence electrons. The smallest absolute Gasteiger partial charge is 0.235 e. The van der Waals surface area contributed by atoms with Crippen molar-refractivity contribution < 1.29 is 9.59 Å². The molecule has 0 heterocycles. The number of amides is 2. The van der Waals surface area contributed by atoms with Crippen LogP contribution in [0.5, 0.6) is 0 Å². The minimum atomic E-state index is -0.266. The fourth-order valence-electron chi connectivity index (χ4n) is 0.499. The van der Waals surface area contributed by atoms with E-state index < -0.39 is 0 Å². The lowest BCUT2D eigenvalue weighted by Gasteiger charge is -2.13. The van der Waals surface area contributed by atoms with Crippen LogP contribution in [-0.2, 0) is 9.59 Å². The number of carbonyl (C=O) groups excluding carboxylic acids is 2. The van der Waals surface area contributed by atoms with Gasteiger partial charge in [-0.2, -0.15) is 0 Å². The van der Waals surface area contributed by atoms with E-state index in [1.54, 1.807) is 7.05 Å². The van der Waals surface area contributed by atoms with E-state index in [0.29, 0.717) is 6.54 Å². The normalized spacial score (nSPS) is 9.00. The number of hydrazine groups is 1. The van der Waals surface area contributed by atoms with Crippen molar-refractivity contribution in [3.63, 3.8) is 0 Å². The van der Waals surface area contributed by atoms with Gasteiger partial charge in [-0.25, -0.2) is 5.84 Å². The lowest BCUT2D eigenvalue weighted by atomic mass is 10.4. The molecule has 0 radical (unpaired) electrons. The molecule has 0 aromatic carbocycles. The zero-order valence-electron chi connectivity index (χ0n) is 6.76. The molecule has 0 atom stereocenters. The lowest BCUT2D eigenvalue weighted by Crippen LogP contribution is -2.34. The maximum atomic E-state index is 10.6. The maximum absolute atomic E-state index is 10.6. The van der Waals surface area contributed by atoms with Crippen molar-refractivity contribution >= 4 is 11.8 Å². The summed E-state index contributed by atoms with van der Waals surface area (Å²) in [5.74, 6) is 4.51. The van der Waals surface area contributed by atoms with E-state index in [4.69, 9.17) is 5.84 Å². The molecule has 0 aromatic rings. The molecule has 0 saturated carbocycles. The van der Waals surface area contributed by atoms with Crippen molar-refractivity contribution in [3.8, 4) is 0 Å². The average molecular weight is 159 g/mol. The first-order valence-electron chi connectivity index (χ1n) is 3.29. The van der Waals surface area contributed by atoms with Crippen LogP contribution in [0.15, 0.2) is 0 Å². The average Bonchev–Trinajstić information content (AvgIpc) is 1.99. The summed E-state index contributed by atoms with van der Waals surface area (Å²) in [6.07, 6.45) is 0.243. The SMILES string of the molecule is CC(=O)N(C)CCC(=O)NN. The largest absolute Gasteiger partial charge is 0.345 e. The second kappa shape index (κ2) is 4.68. The van der Waals surface area contributed by atoms with Gasteiger partial charge in [0.05, 0.1) is 0 Å². The second-order valence-corrected chi connectivity index (χ2v) is 2.26. The Morgan fingerprint density at radius 2 is 2.09 bits per heavy atom. The fraction of sp³-hybridized carbons (Fsp3) is 0.667. The highest BCUT2D eigenvalue weighted by Gasteiger charge is 2.04. The van der Waals surface area contributed by atoms with E-state index in [1.807, 2.05) is 5.43 Å². The molecule has 0 spiro atoms. The highest BCUT2D eigenvalue weighted by atomic mass is 16.2. The third kappa shape index (κ3) is 4.32. The summed E-state index contributed by atoms with van der Waals surface area (Å²) in [4.78, 5) is 22.6. The van der Waals surface area contributed by atoms with Crippen LogP contribution in [0.25, 0.3) is 0 Å². The number of hydrogen-bond acceptors (Lipinski definition) is 3. The summed E-state index contributed by atoms with van der Waals surface area (Å²) in [7, 11) is 1.63. The van der Waals surface area contributed by atoms with Gasteiger partial charge >= 0.3 is 0 Å². The van der Waals surface area contributed by atoms with Gasteiger partial charge < -0.3 is 4.90 Å². The number of nitrogens with two attached hydrogens (primary N) is 1. The quantitative estimate of drug-likeness (QED) is 0.310. The van der Waals surface area contributed by atoms with Crippen LogP contribution in [0, 0.1) is 0 Å². The topological polar surface area (TPSA) is 75.4 Å². The van der Waals surface area contributed by atoms with Gasteiger partial charge in [0.15, 0.2) is 0 Å². The standard InChI is InChI=1S/C6H13N3O2/c1-5(10)9(2)4-3-6(11)8-7/h3-4,7H2,1-2H3,(H,8,11). The molecule has 0 aliphatic carbocycles. The number of hydrogen-bond donors (Lipinski definition) is 2. The van der Waals surface area contributed by atoms with E-state index in [2.05, 4.69) is 0 Å². The predicted molar refractivity (Wildman–Crippen MR) is 40.3 cm³/mol. The molecule has 2 amide bonds. The Morgan fingerprint density at radius 3 is 2.45 bits per heavy atom. The summed E-state index contributed by atoms with van der Waals surface area (Å²) in [5, 5.41) is 0. The van der Waals surface area contributed by atoms with E-state index in [9.17, 15) is 9.59 Å². The number of nitrogens with zero attached hydrogens (tertiary/aromatic N) is 1. The van der Waals surface area contributed by atoms with E-state index in [0.717, 1.165) is 0 Å². The predicted octanol–water partition coefficient (Wildman–Crippen LogP) is -1.16. The Kier molecular flexibility index (Phi) is 4.21. The van der Waals surface area contributed by atoms with E-state index >= 15 is 0 Å². The molecule has 0 rings (SSSR count). The first-order chi connectivity index (χ1) is 5.07. The monoisotopic (exact) mass is 159 g/mol. The van der Waals surface area contributed by atoms with Crippen molar-refractivity contribution in [1.82, 2.24) is 10.3 Å². The van der Waals surface area contributed by atoms with Crippen LogP contribution in [0.4, 0.5) is 0 Å². The Balaban J connectivity index is 3.54. The summed E-state index contributed by atoms with van der Waals surface area (Å²) in [6.45, 7) is 1.85. The second-order valence-electron chi connectivity index (χ2n) is 2.26. The number of rotatable bonds is 3. The van der Waals surface area contributed by atoms with Gasteiger partial charge in [-0.3, -0.25) is 15.0 Å². The van der Waals surface area contributed by atoms with Crippen LogP contribution in [-0.4, -0.2) is 30.3 Å². The molecule has 0 aliphatic rings. The van der Waals surface area contributed by atoms with Crippen LogP contribution < -0.4 is 11.3 Å². The van der Waals surface area contributed by atoms with Crippen LogP contribution in [0.3, 0.4) is 0 Å². The Morgan fingerprint density at radius 1 is 1.55 bits per heavy atom. The van der Waals surface area contributed by atoms with Gasteiger partial charge in [0.1, 0.15) is 0 Å². The van der Waals surface area contributed by atoms with Gasteiger partial charge in [-0.15, -0.1) is 0 Å². The minimum Gasteiger partial charge on any atom is -0.345 e. The van der Waals surface area contributed by atoms with Crippen LogP contribution in [0.1, 0.15) is 13.3 Å². The zero-order chi connectivity index (χ0) is 8.85. The lowest BCUT2D eigenvalue weighted by molar-refractivity contribution is -0.128. The number of carbonyl (C=O) groups is 2. The summed E-state index contributed by atoms with van der Waals surface area (Å²) in [5.41, 5.74) is 1.98. The molecule has 0 aliphatic heterocycles. The third-order valence-electron chi connectivity index (χ3n) is 1.37. The van der Waals surface area contributed by atoms with Crippen molar-refractivity contribution in [1.29, 1.82) is 0 Å². The first kappa shape index (κ1) is 9.90. The molecule has 0 unspecified atom stereocenters. The van der Waals surface area contributed by atoms with Crippen molar-refractivity contribution in [2.24, 2.45) is 5.84 Å². The summed E-state index contributed by atoms with van der Waals surface area (Å²) < 4.78 is 0. The van der Waals surface area contributed by atoms with Crippen molar-refractivity contribution in [2.75, 3.05) is 13.6 Å². The van der Waals surface area contributed by atoms with Gasteiger partial charge in [0.2, 0.25) is 11.8 Å². The third-order valence-corrected chi connectivity index (χ3v) is 1.37. The number of nitrogens with one attached hydrogen (secondary N) is 1. The molecule has 0 fully saturated rings. The molecule has 0 saturated heterocycles. The van der Waals surface area contributed by atoms with Crippen molar-refractivity contribution in [2.45, 2.75) is 13.3 Å². The highest BCUT2D eigenvalue weighted by molar-refractivity contribution is 5.77. The first-order valence-corrected chi connectivity index (χ1v) is 3.29. The van der Waals surface area contributed by atoms with Gasteiger partial charge in [0.25, 0.3) is 0 Å². The summed E-state index contributed by atoms with van der Waals surface area (Å²) in [6, 6.07) is 0. The Hall–Kier alpha value is -1.10. The molecule has 3 N–H and O–H groups in total. The molecule has 0 bridgehead atoms. The summed E-state index contributed by atoms with van der Waals surface area (Å²) >= 11 is 0. The molecule has 5 nitrogen and oxygen atoms in total. The van der Waals surface area contributed by atoms with E-state index in [1.165, 1.54) is 11.8 Å². The Labute approximate surface area is 65.5 Å². The zero-order valence-corrected chi connectivity index (χ0v) is 6.76. The van der Waals surface area contributed by atoms with Gasteiger partial charge in [-0.05, 0) is 0 Å². The highest BCUT2D eigenvalue weighted by Crippen LogP contribution is 1.86. The molecular weight excluding hydrogens is 146 g/mol. The molecule has 11 heavy (non-hydrogen) atoms. The van der Waals surface area contributed by atoms with Crippen molar-refractivity contribution in [3.05, 3.63) is 0 Å². The van der Waals surface area contributed by atoms with Gasteiger partial charge in [-0.1, -0.05) is 0 Å². The maximum Gasteiger partial charge on any atom is 0.235 e.